The van der Waals surface area contributed by atoms with Gasteiger partial charge in [-0.15, -0.1) is 0 Å². The van der Waals surface area contributed by atoms with E-state index in [1.165, 1.54) is 18.2 Å². The summed E-state index contributed by atoms with van der Waals surface area (Å²) < 4.78 is 15.5. The number of rotatable bonds is 10. The molecule has 5 heteroatoms. The van der Waals surface area contributed by atoms with E-state index in [1.54, 1.807) is 7.11 Å². The zero-order valence-corrected chi connectivity index (χ0v) is 15.6. The largest absolute Gasteiger partial charge is 0.482 e. The molecule has 0 radical (unpaired) electrons. The van der Waals surface area contributed by atoms with Gasteiger partial charge in [-0.05, 0) is 36.6 Å². The fourth-order valence-electron chi connectivity index (χ4n) is 2.66. The first-order valence-electron chi connectivity index (χ1n) is 8.72. The summed E-state index contributed by atoms with van der Waals surface area (Å²) in [6.45, 7) is 2.83. The number of esters is 1. The van der Waals surface area contributed by atoms with Crippen LogP contribution in [0.15, 0.2) is 54.6 Å². The van der Waals surface area contributed by atoms with Gasteiger partial charge in [0.05, 0.1) is 13.2 Å². The van der Waals surface area contributed by atoms with Crippen LogP contribution in [0.2, 0.25) is 0 Å². The first-order valence-corrected chi connectivity index (χ1v) is 8.72. The fraction of sp³-hybridized carbons (Fsp3) is 0.381. The maximum Gasteiger partial charge on any atom is 0.343 e. The van der Waals surface area contributed by atoms with Crippen molar-refractivity contribution in [3.8, 4) is 5.75 Å². The Morgan fingerprint density at radius 3 is 2.35 bits per heavy atom. The minimum absolute atomic E-state index is 0.0350. The normalized spacial score (nSPS) is 13.0. The highest BCUT2D eigenvalue weighted by atomic mass is 16.6. The molecule has 0 spiro atoms. The third kappa shape index (κ3) is 6.50. The maximum absolute atomic E-state index is 11.1. The van der Waals surface area contributed by atoms with Crippen molar-refractivity contribution < 1.29 is 19.0 Å². The lowest BCUT2D eigenvalue weighted by atomic mass is 10.1. The predicted octanol–water partition coefficient (Wildman–Crippen LogP) is 3.15. The molecule has 140 valence electrons. The van der Waals surface area contributed by atoms with Crippen molar-refractivity contribution >= 4 is 5.97 Å². The van der Waals surface area contributed by atoms with Crippen molar-refractivity contribution in [1.82, 2.24) is 5.32 Å². The lowest BCUT2D eigenvalue weighted by Crippen LogP contribution is -2.32. The maximum atomic E-state index is 11.1. The molecule has 2 unspecified atom stereocenters. The number of ether oxygens (including phenoxy) is 3. The number of carbonyl (C=O) groups excluding carboxylic acids is 1. The standard InChI is InChI=1S/C21H27NO4/c1-16(22-14-20(24-2)18-7-5-4-6-8-18)13-17-9-11-19(12-10-17)26-15-21(23)25-3/h4-12,16,20,22H,13-15H2,1-3H3. The van der Waals surface area contributed by atoms with E-state index >= 15 is 0 Å². The molecule has 2 rings (SSSR count). The van der Waals surface area contributed by atoms with Gasteiger partial charge in [0, 0.05) is 19.7 Å². The summed E-state index contributed by atoms with van der Waals surface area (Å²) >= 11 is 0. The molecular formula is C21H27NO4. The van der Waals surface area contributed by atoms with Gasteiger partial charge in [-0.1, -0.05) is 42.5 Å². The summed E-state index contributed by atoms with van der Waals surface area (Å²) in [5.41, 5.74) is 2.37. The van der Waals surface area contributed by atoms with Gasteiger partial charge >= 0.3 is 5.97 Å². The monoisotopic (exact) mass is 357 g/mol. The molecule has 0 aliphatic carbocycles. The van der Waals surface area contributed by atoms with Crippen molar-refractivity contribution in [2.45, 2.75) is 25.5 Å². The topological polar surface area (TPSA) is 56.8 Å². The van der Waals surface area contributed by atoms with Crippen molar-refractivity contribution in [2.24, 2.45) is 0 Å². The molecule has 2 atom stereocenters. The Morgan fingerprint density at radius 1 is 1.04 bits per heavy atom. The van der Waals surface area contributed by atoms with Crippen LogP contribution in [0.5, 0.6) is 5.75 Å². The molecule has 5 nitrogen and oxygen atoms in total. The molecule has 26 heavy (non-hydrogen) atoms. The van der Waals surface area contributed by atoms with Crippen LogP contribution in [0.1, 0.15) is 24.2 Å². The van der Waals surface area contributed by atoms with Gasteiger partial charge < -0.3 is 19.5 Å². The Bertz CT molecular complexity index is 657. The summed E-state index contributed by atoms with van der Waals surface area (Å²) in [6.07, 6.45) is 0.926. The van der Waals surface area contributed by atoms with Crippen LogP contribution >= 0.6 is 0 Å². The third-order valence-electron chi connectivity index (χ3n) is 4.16. The number of benzene rings is 2. The predicted molar refractivity (Wildman–Crippen MR) is 101 cm³/mol. The van der Waals surface area contributed by atoms with E-state index in [0.717, 1.165) is 13.0 Å². The molecule has 2 aromatic carbocycles. The fourth-order valence-corrected chi connectivity index (χ4v) is 2.66. The Labute approximate surface area is 155 Å². The van der Waals surface area contributed by atoms with Crippen LogP contribution in [0.25, 0.3) is 0 Å². The average Bonchev–Trinajstić information content (AvgIpc) is 2.68. The lowest BCUT2D eigenvalue weighted by Gasteiger charge is -2.20. The van der Waals surface area contributed by atoms with Gasteiger partial charge in [0.1, 0.15) is 5.75 Å². The molecule has 0 aliphatic heterocycles. The van der Waals surface area contributed by atoms with Crippen molar-refractivity contribution in [3.63, 3.8) is 0 Å². The second-order valence-electron chi connectivity index (χ2n) is 6.16. The number of hydrogen-bond acceptors (Lipinski definition) is 5. The molecule has 1 N–H and O–H groups in total. The van der Waals surface area contributed by atoms with Crippen molar-refractivity contribution in [2.75, 3.05) is 27.4 Å². The SMILES string of the molecule is COC(=O)COc1ccc(CC(C)NCC(OC)c2ccccc2)cc1. The molecule has 0 heterocycles. The van der Waals surface area contributed by atoms with E-state index in [1.807, 2.05) is 42.5 Å². The number of carbonyl (C=O) groups is 1. The molecule has 0 amide bonds. The van der Waals surface area contributed by atoms with Gasteiger partial charge in [-0.3, -0.25) is 0 Å². The summed E-state index contributed by atoms with van der Waals surface area (Å²) in [5.74, 6) is 0.265. The summed E-state index contributed by atoms with van der Waals surface area (Å²) in [6, 6.07) is 18.3. The highest BCUT2D eigenvalue weighted by molar-refractivity contribution is 5.70. The van der Waals surface area contributed by atoms with E-state index in [4.69, 9.17) is 9.47 Å². The minimum Gasteiger partial charge on any atom is -0.482 e. The highest BCUT2D eigenvalue weighted by Gasteiger charge is 2.12. The number of hydrogen-bond donors (Lipinski definition) is 1. The second-order valence-corrected chi connectivity index (χ2v) is 6.16. The van der Waals surface area contributed by atoms with Gasteiger partial charge in [0.25, 0.3) is 0 Å². The van der Waals surface area contributed by atoms with E-state index in [0.29, 0.717) is 11.8 Å². The van der Waals surface area contributed by atoms with Crippen LogP contribution in [-0.2, 0) is 20.7 Å². The van der Waals surface area contributed by atoms with Gasteiger partial charge in [0.2, 0.25) is 0 Å². The van der Waals surface area contributed by atoms with Gasteiger partial charge in [0.15, 0.2) is 6.61 Å². The average molecular weight is 357 g/mol. The Morgan fingerprint density at radius 2 is 1.73 bits per heavy atom. The van der Waals surface area contributed by atoms with Crippen molar-refractivity contribution in [3.05, 3.63) is 65.7 Å². The van der Waals surface area contributed by atoms with E-state index in [9.17, 15) is 4.79 Å². The zero-order chi connectivity index (χ0) is 18.8. The molecule has 0 aromatic heterocycles. The quantitative estimate of drug-likeness (QED) is 0.662. The molecule has 2 aromatic rings. The van der Waals surface area contributed by atoms with E-state index < -0.39 is 5.97 Å². The Kier molecular flexibility index (Phi) is 8.12. The molecule has 0 saturated heterocycles. The Balaban J connectivity index is 1.80. The smallest absolute Gasteiger partial charge is 0.343 e. The summed E-state index contributed by atoms with van der Waals surface area (Å²) in [4.78, 5) is 11.1. The Hall–Kier alpha value is -2.37. The highest BCUT2D eigenvalue weighted by Crippen LogP contribution is 2.16. The van der Waals surface area contributed by atoms with Crippen LogP contribution in [0, 0.1) is 0 Å². The molecule has 0 fully saturated rings. The van der Waals surface area contributed by atoms with Crippen LogP contribution < -0.4 is 10.1 Å². The van der Waals surface area contributed by atoms with E-state index in [-0.39, 0.29) is 12.7 Å². The number of nitrogens with one attached hydrogen (secondary N) is 1. The second kappa shape index (κ2) is 10.6. The molecular weight excluding hydrogens is 330 g/mol. The summed E-state index contributed by atoms with van der Waals surface area (Å²) in [7, 11) is 3.08. The van der Waals surface area contributed by atoms with E-state index in [2.05, 4.69) is 29.1 Å². The minimum atomic E-state index is -0.391. The van der Waals surface area contributed by atoms with Crippen LogP contribution in [0.3, 0.4) is 0 Å². The van der Waals surface area contributed by atoms with Crippen LogP contribution in [-0.4, -0.2) is 39.4 Å². The molecule has 0 bridgehead atoms. The number of methoxy groups -OCH3 is 2. The van der Waals surface area contributed by atoms with Gasteiger partial charge in [-0.2, -0.15) is 0 Å². The first kappa shape index (κ1) is 19.9. The molecule has 0 saturated carbocycles. The molecule has 0 aliphatic rings. The zero-order valence-electron chi connectivity index (χ0n) is 15.6. The van der Waals surface area contributed by atoms with Crippen molar-refractivity contribution in [1.29, 1.82) is 0 Å². The van der Waals surface area contributed by atoms with Gasteiger partial charge in [-0.25, -0.2) is 4.79 Å². The first-order chi connectivity index (χ1) is 12.6. The third-order valence-corrected chi connectivity index (χ3v) is 4.16. The lowest BCUT2D eigenvalue weighted by molar-refractivity contribution is -0.142. The van der Waals surface area contributed by atoms with Crippen LogP contribution in [0.4, 0.5) is 0 Å². The summed E-state index contributed by atoms with van der Waals surface area (Å²) in [5, 5.41) is 3.53.